The number of hydrogen-bond acceptors (Lipinski definition) is 5. The van der Waals surface area contributed by atoms with Gasteiger partial charge in [0.25, 0.3) is 0 Å². The second-order valence-electron chi connectivity index (χ2n) is 6.69. The Hall–Kier alpha value is -1.86. The van der Waals surface area contributed by atoms with Gasteiger partial charge < -0.3 is 19.4 Å². The Bertz CT molecular complexity index is 609. The maximum absolute atomic E-state index is 12.5. The first-order valence-electron chi connectivity index (χ1n) is 9.02. The third kappa shape index (κ3) is 4.22. The zero-order valence-electron chi connectivity index (χ0n) is 15.0. The first-order chi connectivity index (χ1) is 12.1. The molecule has 2 amide bonds. The van der Waals surface area contributed by atoms with Crippen LogP contribution in [0.2, 0.25) is 0 Å². The lowest BCUT2D eigenvalue weighted by atomic mass is 10.1. The average Bonchev–Trinajstić information content (AvgIpc) is 3.21. The minimum Gasteiger partial charge on any atom is -0.465 e. The van der Waals surface area contributed by atoms with Crippen molar-refractivity contribution in [3.8, 4) is 0 Å². The van der Waals surface area contributed by atoms with E-state index in [0.29, 0.717) is 39.3 Å². The smallest absolute Gasteiger partial charge is 0.225 e. The van der Waals surface area contributed by atoms with E-state index in [1.807, 2.05) is 26.0 Å². The zero-order valence-corrected chi connectivity index (χ0v) is 15.0. The largest absolute Gasteiger partial charge is 0.465 e. The first kappa shape index (κ1) is 17.9. The van der Waals surface area contributed by atoms with Crippen LogP contribution in [0.15, 0.2) is 16.5 Å². The van der Waals surface area contributed by atoms with Crippen LogP contribution >= 0.6 is 0 Å². The number of nitrogens with zero attached hydrogens (tertiary/aromatic N) is 2. The maximum Gasteiger partial charge on any atom is 0.225 e. The molecule has 1 aromatic rings. The molecule has 25 heavy (non-hydrogen) atoms. The second kappa shape index (κ2) is 8.01. The molecule has 0 aromatic carbocycles. The van der Waals surface area contributed by atoms with Gasteiger partial charge in [0.15, 0.2) is 0 Å². The number of morpholine rings is 1. The summed E-state index contributed by atoms with van der Waals surface area (Å²) >= 11 is 0. The van der Waals surface area contributed by atoms with Crippen LogP contribution in [-0.2, 0) is 14.3 Å². The third-order valence-electron chi connectivity index (χ3n) is 5.01. The van der Waals surface area contributed by atoms with Crippen LogP contribution in [0.3, 0.4) is 0 Å². The summed E-state index contributed by atoms with van der Waals surface area (Å²) in [7, 11) is 0. The average molecular weight is 349 g/mol. The highest BCUT2D eigenvalue weighted by atomic mass is 16.5. The van der Waals surface area contributed by atoms with Gasteiger partial charge in [0.1, 0.15) is 11.5 Å². The molecule has 2 atom stereocenters. The summed E-state index contributed by atoms with van der Waals surface area (Å²) in [6, 6.07) is 3.90. The molecule has 7 heteroatoms. The van der Waals surface area contributed by atoms with E-state index in [4.69, 9.17) is 9.15 Å². The Morgan fingerprint density at radius 1 is 1.36 bits per heavy atom. The molecule has 0 radical (unpaired) electrons. The van der Waals surface area contributed by atoms with Crippen molar-refractivity contribution >= 4 is 11.8 Å². The van der Waals surface area contributed by atoms with Crippen molar-refractivity contribution in [3.05, 3.63) is 23.7 Å². The number of furan rings is 1. The fourth-order valence-corrected chi connectivity index (χ4v) is 3.53. The molecule has 1 aromatic heterocycles. The van der Waals surface area contributed by atoms with Crippen molar-refractivity contribution in [3.63, 3.8) is 0 Å². The molecular weight excluding hydrogens is 322 g/mol. The summed E-state index contributed by atoms with van der Waals surface area (Å²) in [6.07, 6.45) is 0.307. The molecular formula is C18H27N3O4. The number of likely N-dealkylation sites (tertiary alicyclic amines) is 1. The van der Waals surface area contributed by atoms with Gasteiger partial charge in [-0.3, -0.25) is 14.5 Å². The van der Waals surface area contributed by atoms with Crippen molar-refractivity contribution in [1.82, 2.24) is 15.1 Å². The minimum atomic E-state index is -0.254. The van der Waals surface area contributed by atoms with E-state index >= 15 is 0 Å². The standard InChI is InChI=1S/C18H27N3O4/c1-3-20-12-14(10-17(20)22)18(23)19-11-15(16-5-4-13(2)25-16)21-6-8-24-9-7-21/h4-5,14-15H,3,6-12H2,1-2H3,(H,19,23)/t14-,15+/m1/s1. The Morgan fingerprint density at radius 2 is 2.12 bits per heavy atom. The molecule has 1 N–H and O–H groups in total. The van der Waals surface area contributed by atoms with Gasteiger partial charge in [0, 0.05) is 39.1 Å². The van der Waals surface area contributed by atoms with Gasteiger partial charge in [-0.1, -0.05) is 0 Å². The van der Waals surface area contributed by atoms with Crippen LogP contribution in [0.5, 0.6) is 0 Å². The second-order valence-corrected chi connectivity index (χ2v) is 6.69. The molecule has 2 aliphatic rings. The molecule has 3 rings (SSSR count). The number of nitrogens with one attached hydrogen (secondary N) is 1. The Labute approximate surface area is 148 Å². The lowest BCUT2D eigenvalue weighted by Crippen LogP contribution is -2.44. The summed E-state index contributed by atoms with van der Waals surface area (Å²) in [5, 5.41) is 3.03. The topological polar surface area (TPSA) is 75.0 Å². The van der Waals surface area contributed by atoms with E-state index in [-0.39, 0.29) is 23.8 Å². The SMILES string of the molecule is CCN1C[C@H](C(=O)NC[C@@H](c2ccc(C)o2)N2CCOCC2)CC1=O. The van der Waals surface area contributed by atoms with Gasteiger partial charge in [-0.05, 0) is 26.0 Å². The molecule has 2 saturated heterocycles. The van der Waals surface area contributed by atoms with Gasteiger partial charge in [-0.15, -0.1) is 0 Å². The fraction of sp³-hybridized carbons (Fsp3) is 0.667. The highest BCUT2D eigenvalue weighted by molar-refractivity contribution is 5.89. The summed E-state index contributed by atoms with van der Waals surface area (Å²) in [6.45, 7) is 8.50. The molecule has 0 aliphatic carbocycles. The molecule has 7 nitrogen and oxygen atoms in total. The monoisotopic (exact) mass is 349 g/mol. The van der Waals surface area contributed by atoms with Crippen LogP contribution in [0.25, 0.3) is 0 Å². The van der Waals surface area contributed by atoms with E-state index < -0.39 is 0 Å². The quantitative estimate of drug-likeness (QED) is 0.827. The van der Waals surface area contributed by atoms with Gasteiger partial charge >= 0.3 is 0 Å². The van der Waals surface area contributed by atoms with E-state index in [1.165, 1.54) is 0 Å². The molecule has 0 unspecified atom stereocenters. The first-order valence-corrected chi connectivity index (χ1v) is 9.02. The number of rotatable bonds is 6. The number of aryl methyl sites for hydroxylation is 1. The van der Waals surface area contributed by atoms with Crippen LogP contribution in [0, 0.1) is 12.8 Å². The van der Waals surface area contributed by atoms with Crippen LogP contribution in [-0.4, -0.2) is 67.6 Å². The maximum atomic E-state index is 12.5. The number of amides is 2. The fourth-order valence-electron chi connectivity index (χ4n) is 3.53. The molecule has 0 bridgehead atoms. The number of carbonyl (C=O) groups is 2. The van der Waals surface area contributed by atoms with Crippen molar-refractivity contribution < 1.29 is 18.7 Å². The molecule has 0 saturated carbocycles. The third-order valence-corrected chi connectivity index (χ3v) is 5.01. The number of carbonyl (C=O) groups excluding carboxylic acids is 2. The highest BCUT2D eigenvalue weighted by Gasteiger charge is 2.34. The summed E-state index contributed by atoms with van der Waals surface area (Å²) in [5.74, 6) is 1.48. The van der Waals surface area contributed by atoms with Gasteiger partial charge in [-0.25, -0.2) is 0 Å². The Balaban J connectivity index is 1.62. The van der Waals surface area contributed by atoms with E-state index in [2.05, 4.69) is 10.2 Å². The van der Waals surface area contributed by atoms with Crippen LogP contribution in [0.4, 0.5) is 0 Å². The predicted octanol–water partition coefficient (Wildman–Crippen LogP) is 0.946. The zero-order chi connectivity index (χ0) is 17.8. The molecule has 0 spiro atoms. The number of ether oxygens (including phenoxy) is 1. The lowest BCUT2D eigenvalue weighted by Gasteiger charge is -2.33. The highest BCUT2D eigenvalue weighted by Crippen LogP contribution is 2.24. The van der Waals surface area contributed by atoms with Gasteiger partial charge in [0.2, 0.25) is 11.8 Å². The van der Waals surface area contributed by atoms with Crippen LogP contribution in [0.1, 0.15) is 30.9 Å². The summed E-state index contributed by atoms with van der Waals surface area (Å²) < 4.78 is 11.2. The Morgan fingerprint density at radius 3 is 2.72 bits per heavy atom. The minimum absolute atomic E-state index is 0.0130. The van der Waals surface area contributed by atoms with Crippen LogP contribution < -0.4 is 5.32 Å². The summed E-state index contributed by atoms with van der Waals surface area (Å²) in [4.78, 5) is 28.4. The molecule has 138 valence electrons. The predicted molar refractivity (Wildman–Crippen MR) is 91.9 cm³/mol. The van der Waals surface area contributed by atoms with E-state index in [9.17, 15) is 9.59 Å². The van der Waals surface area contributed by atoms with Crippen molar-refractivity contribution in [2.24, 2.45) is 5.92 Å². The molecule has 2 fully saturated rings. The van der Waals surface area contributed by atoms with Crippen molar-refractivity contribution in [2.75, 3.05) is 45.9 Å². The van der Waals surface area contributed by atoms with E-state index in [0.717, 1.165) is 24.6 Å². The number of hydrogen-bond donors (Lipinski definition) is 1. The normalized spacial score (nSPS) is 23.0. The lowest BCUT2D eigenvalue weighted by molar-refractivity contribution is -0.129. The summed E-state index contributed by atoms with van der Waals surface area (Å²) in [5.41, 5.74) is 0. The van der Waals surface area contributed by atoms with E-state index in [1.54, 1.807) is 4.90 Å². The van der Waals surface area contributed by atoms with Gasteiger partial charge in [-0.2, -0.15) is 0 Å². The molecule has 3 heterocycles. The Kier molecular flexibility index (Phi) is 5.75. The van der Waals surface area contributed by atoms with Gasteiger partial charge in [0.05, 0.1) is 25.2 Å². The van der Waals surface area contributed by atoms with Crippen molar-refractivity contribution in [1.29, 1.82) is 0 Å². The van der Waals surface area contributed by atoms with Crippen molar-refractivity contribution in [2.45, 2.75) is 26.3 Å². The molecule has 2 aliphatic heterocycles.